The highest BCUT2D eigenvalue weighted by Gasteiger charge is 2.33. The van der Waals surface area contributed by atoms with Crippen LogP contribution in [0, 0.1) is 6.92 Å². The fourth-order valence-electron chi connectivity index (χ4n) is 4.12. The summed E-state index contributed by atoms with van der Waals surface area (Å²) in [4.78, 5) is 28.5. The molecule has 0 aromatic heterocycles. The Hall–Kier alpha value is -3.36. The molecule has 0 aliphatic heterocycles. The van der Waals surface area contributed by atoms with Gasteiger partial charge in [0.25, 0.3) is 10.0 Å². The number of hydrogen-bond acceptors (Lipinski definition) is 4. The monoisotopic (exact) mass is 569 g/mol. The minimum atomic E-state index is -4.13. The van der Waals surface area contributed by atoms with E-state index in [-0.39, 0.29) is 23.4 Å². The first-order valence-electron chi connectivity index (χ1n) is 13.0. The van der Waals surface area contributed by atoms with Gasteiger partial charge in [0.05, 0.1) is 10.6 Å². The first-order chi connectivity index (χ1) is 18.5. The molecule has 0 saturated carbocycles. The Kier molecular flexibility index (Phi) is 10.5. The predicted molar refractivity (Wildman–Crippen MR) is 156 cm³/mol. The van der Waals surface area contributed by atoms with Crippen molar-refractivity contribution in [2.75, 3.05) is 17.4 Å². The van der Waals surface area contributed by atoms with Gasteiger partial charge in [-0.15, -0.1) is 0 Å². The second-order valence-corrected chi connectivity index (χ2v) is 11.9. The van der Waals surface area contributed by atoms with Crippen LogP contribution in [0.3, 0.4) is 0 Å². The van der Waals surface area contributed by atoms with Crippen molar-refractivity contribution in [1.82, 2.24) is 10.2 Å². The van der Waals surface area contributed by atoms with Crippen LogP contribution in [0.5, 0.6) is 0 Å². The lowest BCUT2D eigenvalue weighted by molar-refractivity contribution is -0.139. The van der Waals surface area contributed by atoms with E-state index in [9.17, 15) is 18.0 Å². The van der Waals surface area contributed by atoms with Crippen molar-refractivity contribution < 1.29 is 18.0 Å². The quantitative estimate of drug-likeness (QED) is 0.324. The van der Waals surface area contributed by atoms with Crippen molar-refractivity contribution in [2.45, 2.75) is 57.5 Å². The number of hydrogen-bond donors (Lipinski definition) is 1. The Morgan fingerprint density at radius 1 is 0.949 bits per heavy atom. The Bertz CT molecular complexity index is 1370. The summed E-state index contributed by atoms with van der Waals surface area (Å²) in [5.41, 5.74) is 1.95. The molecule has 39 heavy (non-hydrogen) atoms. The average Bonchev–Trinajstić information content (AvgIpc) is 2.94. The smallest absolute Gasteiger partial charge is 0.264 e. The standard InChI is InChI=1S/C30H36ClN3O4S/c1-5-23(3)32-30(36)24(4)33(19-18-25-12-8-6-9-13-25)29(35)21-34(28-20-26(31)17-16-22(28)2)39(37,38)27-14-10-7-11-15-27/h6-17,20,23-24H,5,18-19,21H2,1-4H3,(H,32,36)/t23-,24+/m0/s1. The molecule has 0 fully saturated rings. The summed E-state index contributed by atoms with van der Waals surface area (Å²) in [7, 11) is -4.13. The molecular weight excluding hydrogens is 534 g/mol. The Morgan fingerprint density at radius 3 is 2.18 bits per heavy atom. The number of benzene rings is 3. The fourth-order valence-corrected chi connectivity index (χ4v) is 5.78. The summed E-state index contributed by atoms with van der Waals surface area (Å²) in [6, 6.07) is 21.7. The summed E-state index contributed by atoms with van der Waals surface area (Å²) in [6.45, 7) is 7.05. The average molecular weight is 570 g/mol. The van der Waals surface area contributed by atoms with E-state index in [4.69, 9.17) is 11.6 Å². The molecule has 2 atom stereocenters. The third-order valence-electron chi connectivity index (χ3n) is 6.70. The number of aryl methyl sites for hydroxylation is 1. The van der Waals surface area contributed by atoms with Gasteiger partial charge in [-0.25, -0.2) is 8.42 Å². The van der Waals surface area contributed by atoms with Gasteiger partial charge in [-0.2, -0.15) is 0 Å². The molecule has 0 radical (unpaired) electrons. The molecule has 3 rings (SSSR count). The van der Waals surface area contributed by atoms with Gasteiger partial charge in [0, 0.05) is 17.6 Å². The highest BCUT2D eigenvalue weighted by Crippen LogP contribution is 2.29. The molecule has 0 aliphatic rings. The number of nitrogens with one attached hydrogen (secondary N) is 1. The maximum atomic E-state index is 13.9. The first kappa shape index (κ1) is 30.2. The van der Waals surface area contributed by atoms with Crippen molar-refractivity contribution in [3.05, 3.63) is 95.0 Å². The van der Waals surface area contributed by atoms with Crippen molar-refractivity contribution in [2.24, 2.45) is 0 Å². The maximum absolute atomic E-state index is 13.9. The zero-order chi connectivity index (χ0) is 28.6. The number of amides is 2. The normalized spacial score (nSPS) is 12.8. The molecule has 0 aliphatic carbocycles. The van der Waals surface area contributed by atoms with E-state index in [1.807, 2.05) is 44.2 Å². The Labute approximate surface area is 236 Å². The van der Waals surface area contributed by atoms with Crippen LogP contribution in [-0.4, -0.2) is 50.3 Å². The van der Waals surface area contributed by atoms with Gasteiger partial charge in [0.1, 0.15) is 12.6 Å². The second-order valence-electron chi connectivity index (χ2n) is 9.57. The van der Waals surface area contributed by atoms with E-state index in [1.54, 1.807) is 44.2 Å². The topological polar surface area (TPSA) is 86.8 Å². The van der Waals surface area contributed by atoms with Crippen LogP contribution >= 0.6 is 11.6 Å². The molecule has 9 heteroatoms. The number of sulfonamides is 1. The molecule has 1 N–H and O–H groups in total. The van der Waals surface area contributed by atoms with E-state index in [0.717, 1.165) is 16.3 Å². The van der Waals surface area contributed by atoms with E-state index in [0.29, 0.717) is 22.7 Å². The zero-order valence-electron chi connectivity index (χ0n) is 22.8. The molecule has 0 bridgehead atoms. The Morgan fingerprint density at radius 2 is 1.56 bits per heavy atom. The summed E-state index contributed by atoms with van der Waals surface area (Å²) in [6.07, 6.45) is 1.25. The van der Waals surface area contributed by atoms with Gasteiger partial charge in [-0.3, -0.25) is 13.9 Å². The SMILES string of the molecule is CC[C@H](C)NC(=O)[C@@H](C)N(CCc1ccccc1)C(=O)CN(c1cc(Cl)ccc1C)S(=O)(=O)c1ccccc1. The van der Waals surface area contributed by atoms with Crippen LogP contribution in [-0.2, 0) is 26.0 Å². The largest absolute Gasteiger partial charge is 0.352 e. The van der Waals surface area contributed by atoms with Crippen LogP contribution < -0.4 is 9.62 Å². The van der Waals surface area contributed by atoms with Crippen LogP contribution in [0.4, 0.5) is 5.69 Å². The van der Waals surface area contributed by atoms with Crippen LogP contribution in [0.25, 0.3) is 0 Å². The van der Waals surface area contributed by atoms with Crippen molar-refractivity contribution in [3.63, 3.8) is 0 Å². The van der Waals surface area contributed by atoms with Gasteiger partial charge in [0.2, 0.25) is 11.8 Å². The number of rotatable bonds is 12. The summed E-state index contributed by atoms with van der Waals surface area (Å²) in [5, 5.41) is 3.28. The third kappa shape index (κ3) is 7.83. The van der Waals surface area contributed by atoms with E-state index < -0.39 is 28.5 Å². The van der Waals surface area contributed by atoms with Crippen LogP contribution in [0.2, 0.25) is 5.02 Å². The summed E-state index contributed by atoms with van der Waals surface area (Å²) in [5.74, 6) is -0.779. The zero-order valence-corrected chi connectivity index (χ0v) is 24.4. The second kappa shape index (κ2) is 13.6. The first-order valence-corrected chi connectivity index (χ1v) is 14.8. The van der Waals surface area contributed by atoms with Gasteiger partial charge < -0.3 is 10.2 Å². The van der Waals surface area contributed by atoms with Crippen LogP contribution in [0.15, 0.2) is 83.8 Å². The predicted octanol–water partition coefficient (Wildman–Crippen LogP) is 5.22. The fraction of sp³-hybridized carbons (Fsp3) is 0.333. The van der Waals surface area contributed by atoms with E-state index in [1.165, 1.54) is 23.1 Å². The highest BCUT2D eigenvalue weighted by molar-refractivity contribution is 7.92. The maximum Gasteiger partial charge on any atom is 0.264 e. The van der Waals surface area contributed by atoms with E-state index >= 15 is 0 Å². The third-order valence-corrected chi connectivity index (χ3v) is 8.71. The lowest BCUT2D eigenvalue weighted by Gasteiger charge is -2.33. The minimum absolute atomic E-state index is 0.0515. The molecule has 3 aromatic rings. The minimum Gasteiger partial charge on any atom is -0.352 e. The molecule has 0 unspecified atom stereocenters. The summed E-state index contributed by atoms with van der Waals surface area (Å²) >= 11 is 6.26. The van der Waals surface area contributed by atoms with Gasteiger partial charge in [0.15, 0.2) is 0 Å². The van der Waals surface area contributed by atoms with Crippen molar-refractivity contribution in [3.8, 4) is 0 Å². The van der Waals surface area contributed by atoms with Crippen molar-refractivity contribution in [1.29, 1.82) is 0 Å². The lowest BCUT2D eigenvalue weighted by atomic mass is 10.1. The molecule has 208 valence electrons. The van der Waals surface area contributed by atoms with Crippen molar-refractivity contribution >= 4 is 39.1 Å². The van der Waals surface area contributed by atoms with Gasteiger partial charge in [-0.1, -0.05) is 73.1 Å². The molecule has 2 amide bonds. The molecule has 0 heterocycles. The van der Waals surface area contributed by atoms with Crippen LogP contribution in [0.1, 0.15) is 38.3 Å². The van der Waals surface area contributed by atoms with E-state index in [2.05, 4.69) is 5.32 Å². The number of nitrogens with zero attached hydrogens (tertiary/aromatic N) is 2. The number of carbonyl (C=O) groups excluding carboxylic acids is 2. The molecule has 0 saturated heterocycles. The number of carbonyl (C=O) groups is 2. The number of halogens is 1. The van der Waals surface area contributed by atoms with Gasteiger partial charge in [-0.05, 0) is 69.0 Å². The highest BCUT2D eigenvalue weighted by atomic mass is 35.5. The number of anilines is 1. The van der Waals surface area contributed by atoms with Gasteiger partial charge >= 0.3 is 0 Å². The lowest BCUT2D eigenvalue weighted by Crippen LogP contribution is -2.53. The molecule has 3 aromatic carbocycles. The molecular formula is C30H36ClN3O4S. The molecule has 7 nitrogen and oxygen atoms in total. The Balaban J connectivity index is 2.00. The molecule has 0 spiro atoms. The summed E-state index contributed by atoms with van der Waals surface area (Å²) < 4.78 is 28.8.